The number of unbranched alkanes of at least 4 members (excludes halogenated alkanes) is 1. The predicted octanol–water partition coefficient (Wildman–Crippen LogP) is 5.99. The van der Waals surface area contributed by atoms with E-state index < -0.39 is 0 Å². The number of nitrogens with zero attached hydrogens (tertiary/aromatic N) is 1. The third kappa shape index (κ3) is 4.35. The second-order valence-electron chi connectivity index (χ2n) is 8.01. The summed E-state index contributed by atoms with van der Waals surface area (Å²) >= 11 is 0. The molecule has 3 aromatic rings. The molecule has 0 bridgehead atoms. The Bertz CT molecular complexity index is 1130. The van der Waals surface area contributed by atoms with Crippen molar-refractivity contribution in [2.24, 2.45) is 0 Å². The smallest absolute Gasteiger partial charge is 0.282 e. The van der Waals surface area contributed by atoms with Gasteiger partial charge in [0.05, 0.1) is 11.3 Å². The minimum atomic E-state index is -0.338. The molecule has 4 heteroatoms. The Hall–Kier alpha value is -3.66. The van der Waals surface area contributed by atoms with E-state index in [1.54, 1.807) is 0 Å². The number of hydrogen-bond acceptors (Lipinski definition) is 3. The maximum Gasteiger partial charge on any atom is 0.282 e. The monoisotopic (exact) mass is 424 g/mol. The molecule has 4 rings (SSSR count). The third-order valence-electron chi connectivity index (χ3n) is 5.79. The number of hydrogen-bond donors (Lipinski definition) is 1. The van der Waals surface area contributed by atoms with Gasteiger partial charge in [-0.15, -0.1) is 0 Å². The van der Waals surface area contributed by atoms with Gasteiger partial charge in [0.25, 0.3) is 11.8 Å². The van der Waals surface area contributed by atoms with E-state index in [2.05, 4.69) is 19.2 Å². The van der Waals surface area contributed by atoms with E-state index in [1.807, 2.05) is 78.9 Å². The van der Waals surface area contributed by atoms with Crippen LogP contribution in [0.15, 0.2) is 84.6 Å². The predicted molar refractivity (Wildman–Crippen MR) is 130 cm³/mol. The van der Waals surface area contributed by atoms with Crippen LogP contribution in [0.25, 0.3) is 5.57 Å². The number of carbonyl (C=O) groups is 2. The number of rotatable bonds is 8. The summed E-state index contributed by atoms with van der Waals surface area (Å²) in [5, 5.41) is 3.23. The zero-order valence-electron chi connectivity index (χ0n) is 18.6. The van der Waals surface area contributed by atoms with E-state index >= 15 is 0 Å². The van der Waals surface area contributed by atoms with Crippen LogP contribution in [0, 0.1) is 0 Å². The van der Waals surface area contributed by atoms with Crippen molar-refractivity contribution < 1.29 is 9.59 Å². The first-order chi connectivity index (χ1) is 15.6. The van der Waals surface area contributed by atoms with E-state index in [1.165, 1.54) is 16.0 Å². The zero-order valence-corrected chi connectivity index (χ0v) is 18.6. The van der Waals surface area contributed by atoms with Crippen molar-refractivity contribution in [2.45, 2.75) is 39.5 Å². The Kier molecular flexibility index (Phi) is 6.50. The first kappa shape index (κ1) is 21.6. The van der Waals surface area contributed by atoms with Crippen molar-refractivity contribution in [1.82, 2.24) is 0 Å². The average molecular weight is 425 g/mol. The molecule has 0 radical (unpaired) electrons. The Labute approximate surface area is 189 Å². The summed E-state index contributed by atoms with van der Waals surface area (Å²) in [6.45, 7) is 4.26. The van der Waals surface area contributed by atoms with Crippen LogP contribution in [-0.4, -0.2) is 11.8 Å². The summed E-state index contributed by atoms with van der Waals surface area (Å²) in [4.78, 5) is 28.2. The van der Waals surface area contributed by atoms with Gasteiger partial charge in [0.15, 0.2) is 0 Å². The topological polar surface area (TPSA) is 49.4 Å². The third-order valence-corrected chi connectivity index (χ3v) is 5.79. The standard InChI is InChI=1S/C28H28N2O2/c1-3-5-9-21-14-18-24(19-15-21)30-27(31)25(22-10-7-6-8-11-22)26(28(30)32)29-23-16-12-20(4-2)13-17-23/h6-8,10-19,29H,3-5,9H2,1-2H3. The maximum atomic E-state index is 13.5. The van der Waals surface area contributed by atoms with Gasteiger partial charge in [0, 0.05) is 5.69 Å². The largest absolute Gasteiger partial charge is 0.350 e. The van der Waals surface area contributed by atoms with Crippen LogP contribution in [0.2, 0.25) is 0 Å². The van der Waals surface area contributed by atoms with Gasteiger partial charge in [0.1, 0.15) is 5.70 Å². The first-order valence-electron chi connectivity index (χ1n) is 11.3. The zero-order chi connectivity index (χ0) is 22.5. The molecule has 1 N–H and O–H groups in total. The lowest BCUT2D eigenvalue weighted by molar-refractivity contribution is -0.120. The van der Waals surface area contributed by atoms with E-state index in [0.29, 0.717) is 17.0 Å². The Morgan fingerprint density at radius 2 is 1.41 bits per heavy atom. The summed E-state index contributed by atoms with van der Waals surface area (Å²) in [6.07, 6.45) is 4.18. The lowest BCUT2D eigenvalue weighted by Gasteiger charge is -2.16. The number of carbonyl (C=O) groups excluding carboxylic acids is 2. The molecule has 162 valence electrons. The quantitative estimate of drug-likeness (QED) is 0.452. The van der Waals surface area contributed by atoms with Crippen LogP contribution in [0.5, 0.6) is 0 Å². The van der Waals surface area contributed by atoms with Crippen LogP contribution in [0.4, 0.5) is 11.4 Å². The van der Waals surface area contributed by atoms with E-state index in [9.17, 15) is 9.59 Å². The van der Waals surface area contributed by atoms with Crippen LogP contribution < -0.4 is 10.2 Å². The normalized spacial score (nSPS) is 13.8. The van der Waals surface area contributed by atoms with E-state index in [-0.39, 0.29) is 11.8 Å². The van der Waals surface area contributed by atoms with Crippen molar-refractivity contribution in [3.8, 4) is 0 Å². The molecule has 0 saturated carbocycles. The second kappa shape index (κ2) is 9.65. The fourth-order valence-corrected chi connectivity index (χ4v) is 3.91. The SMILES string of the molecule is CCCCc1ccc(N2C(=O)C(Nc3ccc(CC)cc3)=C(c3ccccc3)C2=O)cc1. The van der Waals surface area contributed by atoms with Gasteiger partial charge < -0.3 is 5.32 Å². The summed E-state index contributed by atoms with van der Waals surface area (Å²) in [5.41, 5.74) is 5.22. The highest BCUT2D eigenvalue weighted by Crippen LogP contribution is 2.34. The number of aryl methyl sites for hydroxylation is 2. The van der Waals surface area contributed by atoms with Gasteiger partial charge >= 0.3 is 0 Å². The van der Waals surface area contributed by atoms with Gasteiger partial charge in [0.2, 0.25) is 0 Å². The number of amides is 2. The number of anilines is 2. The molecule has 0 atom stereocenters. The first-order valence-corrected chi connectivity index (χ1v) is 11.3. The van der Waals surface area contributed by atoms with Gasteiger partial charge in [-0.05, 0) is 60.2 Å². The molecular weight excluding hydrogens is 396 g/mol. The molecule has 0 saturated heterocycles. The number of imide groups is 1. The van der Waals surface area contributed by atoms with Crippen LogP contribution in [0.3, 0.4) is 0 Å². The van der Waals surface area contributed by atoms with Gasteiger partial charge in [-0.1, -0.05) is 74.9 Å². The lowest BCUT2D eigenvalue weighted by atomic mass is 10.0. The van der Waals surface area contributed by atoms with Crippen LogP contribution in [0.1, 0.15) is 43.4 Å². The van der Waals surface area contributed by atoms with Gasteiger partial charge in [-0.2, -0.15) is 0 Å². The summed E-state index contributed by atoms with van der Waals surface area (Å²) in [6, 6.07) is 25.0. The Morgan fingerprint density at radius 1 is 0.750 bits per heavy atom. The van der Waals surface area contributed by atoms with E-state index in [4.69, 9.17) is 0 Å². The van der Waals surface area contributed by atoms with Crippen LogP contribution in [-0.2, 0) is 22.4 Å². The Morgan fingerprint density at radius 3 is 2.03 bits per heavy atom. The fraction of sp³-hybridized carbons (Fsp3) is 0.214. The van der Waals surface area contributed by atoms with Crippen LogP contribution >= 0.6 is 0 Å². The minimum absolute atomic E-state index is 0.306. The molecule has 0 unspecified atom stereocenters. The lowest BCUT2D eigenvalue weighted by Crippen LogP contribution is -2.32. The average Bonchev–Trinajstić information content (AvgIpc) is 3.08. The van der Waals surface area contributed by atoms with Gasteiger partial charge in [-0.3, -0.25) is 9.59 Å². The number of benzene rings is 3. The maximum absolute atomic E-state index is 13.5. The van der Waals surface area contributed by atoms with Crippen molar-refractivity contribution in [1.29, 1.82) is 0 Å². The molecule has 3 aromatic carbocycles. The summed E-state index contributed by atoms with van der Waals surface area (Å²) < 4.78 is 0. The second-order valence-corrected chi connectivity index (χ2v) is 8.01. The molecular formula is C28H28N2O2. The highest BCUT2D eigenvalue weighted by atomic mass is 16.2. The molecule has 1 heterocycles. The molecule has 0 fully saturated rings. The molecule has 32 heavy (non-hydrogen) atoms. The molecule has 0 aliphatic carbocycles. The molecule has 0 aromatic heterocycles. The molecule has 2 amide bonds. The summed E-state index contributed by atoms with van der Waals surface area (Å²) in [5.74, 6) is -0.648. The fourth-order valence-electron chi connectivity index (χ4n) is 3.91. The summed E-state index contributed by atoms with van der Waals surface area (Å²) in [7, 11) is 0. The highest BCUT2D eigenvalue weighted by molar-refractivity contribution is 6.46. The van der Waals surface area contributed by atoms with Crippen molar-refractivity contribution in [2.75, 3.05) is 10.2 Å². The Balaban J connectivity index is 1.69. The minimum Gasteiger partial charge on any atom is -0.350 e. The highest BCUT2D eigenvalue weighted by Gasteiger charge is 2.40. The molecule has 4 nitrogen and oxygen atoms in total. The van der Waals surface area contributed by atoms with Gasteiger partial charge in [-0.25, -0.2) is 4.90 Å². The van der Waals surface area contributed by atoms with Crippen molar-refractivity contribution in [3.63, 3.8) is 0 Å². The van der Waals surface area contributed by atoms with Crippen molar-refractivity contribution >= 4 is 28.8 Å². The van der Waals surface area contributed by atoms with Crippen molar-refractivity contribution in [3.05, 3.63) is 101 Å². The molecule has 0 spiro atoms. The number of nitrogens with one attached hydrogen (secondary N) is 1. The van der Waals surface area contributed by atoms with E-state index in [0.717, 1.165) is 36.9 Å². The molecule has 1 aliphatic rings. The molecule has 1 aliphatic heterocycles.